The van der Waals surface area contributed by atoms with Crippen molar-refractivity contribution >= 4 is 5.97 Å². The zero-order chi connectivity index (χ0) is 10.4. The molecular formula is C11H11NO2. The second kappa shape index (κ2) is 5.03. The number of hydrogen-bond donors (Lipinski definition) is 0. The summed E-state index contributed by atoms with van der Waals surface area (Å²) in [6.45, 7) is 0. The SMILES string of the molecule is COC(=O)C=CC1C=CC(C#N)=CC1. The van der Waals surface area contributed by atoms with Gasteiger partial charge in [0.05, 0.1) is 13.2 Å². The molecule has 0 aliphatic heterocycles. The van der Waals surface area contributed by atoms with Crippen molar-refractivity contribution in [2.75, 3.05) is 7.11 Å². The third-order valence-electron chi connectivity index (χ3n) is 1.94. The topological polar surface area (TPSA) is 50.1 Å². The van der Waals surface area contributed by atoms with Crippen molar-refractivity contribution in [2.45, 2.75) is 6.42 Å². The molecule has 0 N–H and O–H groups in total. The summed E-state index contributed by atoms with van der Waals surface area (Å²) in [7, 11) is 1.34. The first-order chi connectivity index (χ1) is 6.76. The molecule has 0 amide bonds. The Morgan fingerprint density at radius 2 is 2.57 bits per heavy atom. The van der Waals surface area contributed by atoms with Crippen molar-refractivity contribution < 1.29 is 9.53 Å². The second-order valence-electron chi connectivity index (χ2n) is 2.91. The fraction of sp³-hybridized carbons (Fsp3) is 0.273. The van der Waals surface area contributed by atoms with Gasteiger partial charge in [0, 0.05) is 11.6 Å². The van der Waals surface area contributed by atoms with Crippen LogP contribution in [0.5, 0.6) is 0 Å². The summed E-state index contributed by atoms with van der Waals surface area (Å²) in [4.78, 5) is 10.8. The van der Waals surface area contributed by atoms with Crippen LogP contribution in [0.4, 0.5) is 0 Å². The van der Waals surface area contributed by atoms with Crippen LogP contribution in [0.15, 0.2) is 36.0 Å². The first-order valence-corrected chi connectivity index (χ1v) is 4.31. The van der Waals surface area contributed by atoms with Gasteiger partial charge in [-0.2, -0.15) is 5.26 Å². The molecule has 0 fully saturated rings. The molecular weight excluding hydrogens is 178 g/mol. The summed E-state index contributed by atoms with van der Waals surface area (Å²) >= 11 is 0. The molecule has 0 spiro atoms. The highest BCUT2D eigenvalue weighted by molar-refractivity contribution is 5.81. The fourth-order valence-corrected chi connectivity index (χ4v) is 1.13. The lowest BCUT2D eigenvalue weighted by atomic mass is 9.97. The Morgan fingerprint density at radius 1 is 1.79 bits per heavy atom. The van der Waals surface area contributed by atoms with E-state index in [0.717, 1.165) is 6.42 Å². The maximum absolute atomic E-state index is 10.8. The Morgan fingerprint density at radius 3 is 3.07 bits per heavy atom. The molecule has 14 heavy (non-hydrogen) atoms. The Hall–Kier alpha value is -1.82. The molecule has 0 bridgehead atoms. The first kappa shape index (κ1) is 10.3. The van der Waals surface area contributed by atoms with Gasteiger partial charge in [-0.05, 0) is 18.4 Å². The molecule has 1 rings (SSSR count). The summed E-state index contributed by atoms with van der Waals surface area (Å²) in [5.74, 6) is -0.167. The van der Waals surface area contributed by atoms with Gasteiger partial charge in [0.15, 0.2) is 0 Å². The number of nitriles is 1. The lowest BCUT2D eigenvalue weighted by molar-refractivity contribution is -0.134. The van der Waals surface area contributed by atoms with Gasteiger partial charge in [0.1, 0.15) is 0 Å². The van der Waals surface area contributed by atoms with E-state index >= 15 is 0 Å². The van der Waals surface area contributed by atoms with Gasteiger partial charge in [-0.15, -0.1) is 0 Å². The van der Waals surface area contributed by atoms with Gasteiger partial charge >= 0.3 is 5.97 Å². The number of allylic oxidation sites excluding steroid dienone is 5. The predicted octanol–water partition coefficient (Wildman–Crippen LogP) is 1.74. The van der Waals surface area contributed by atoms with Crippen molar-refractivity contribution in [1.29, 1.82) is 5.26 Å². The quantitative estimate of drug-likeness (QED) is 0.491. The highest BCUT2D eigenvalue weighted by Crippen LogP contribution is 2.16. The Labute approximate surface area is 83.0 Å². The normalized spacial score (nSPS) is 20.3. The van der Waals surface area contributed by atoms with Crippen LogP contribution in [0.3, 0.4) is 0 Å². The molecule has 0 heterocycles. The van der Waals surface area contributed by atoms with Crippen LogP contribution in [-0.2, 0) is 9.53 Å². The van der Waals surface area contributed by atoms with Crippen molar-refractivity contribution in [2.24, 2.45) is 5.92 Å². The number of carbonyl (C=O) groups is 1. The second-order valence-corrected chi connectivity index (χ2v) is 2.91. The lowest BCUT2D eigenvalue weighted by Crippen LogP contribution is -1.99. The summed E-state index contributed by atoms with van der Waals surface area (Å²) in [6, 6.07) is 2.06. The van der Waals surface area contributed by atoms with Gasteiger partial charge in [0.25, 0.3) is 0 Å². The van der Waals surface area contributed by atoms with E-state index < -0.39 is 0 Å². The minimum absolute atomic E-state index is 0.186. The largest absolute Gasteiger partial charge is 0.466 e. The third-order valence-corrected chi connectivity index (χ3v) is 1.94. The molecule has 0 aromatic carbocycles. The number of ether oxygens (including phenoxy) is 1. The number of carbonyl (C=O) groups excluding carboxylic acids is 1. The molecule has 0 saturated heterocycles. The van der Waals surface area contributed by atoms with E-state index in [2.05, 4.69) is 10.8 Å². The minimum atomic E-state index is -0.353. The van der Waals surface area contributed by atoms with Crippen LogP contribution in [0.2, 0.25) is 0 Å². The Kier molecular flexibility index (Phi) is 3.69. The molecule has 72 valence electrons. The lowest BCUT2D eigenvalue weighted by Gasteiger charge is -2.08. The minimum Gasteiger partial charge on any atom is -0.466 e. The molecule has 3 heteroatoms. The molecule has 0 radical (unpaired) electrons. The van der Waals surface area contributed by atoms with Crippen molar-refractivity contribution in [3.63, 3.8) is 0 Å². The monoisotopic (exact) mass is 189 g/mol. The predicted molar refractivity (Wildman–Crippen MR) is 52.1 cm³/mol. The van der Waals surface area contributed by atoms with Crippen molar-refractivity contribution in [3.8, 4) is 6.07 Å². The van der Waals surface area contributed by atoms with Crippen LogP contribution in [-0.4, -0.2) is 13.1 Å². The fourth-order valence-electron chi connectivity index (χ4n) is 1.13. The van der Waals surface area contributed by atoms with Gasteiger partial charge in [0.2, 0.25) is 0 Å². The van der Waals surface area contributed by atoms with Crippen molar-refractivity contribution in [3.05, 3.63) is 36.0 Å². The molecule has 1 aliphatic carbocycles. The maximum Gasteiger partial charge on any atom is 0.330 e. The van der Waals surface area contributed by atoms with Gasteiger partial charge in [-0.25, -0.2) is 4.79 Å². The van der Waals surface area contributed by atoms with Gasteiger partial charge in [-0.1, -0.05) is 18.2 Å². The summed E-state index contributed by atoms with van der Waals surface area (Å²) in [6.07, 6.45) is 9.44. The molecule has 0 saturated carbocycles. The van der Waals surface area contributed by atoms with Crippen LogP contribution in [0.25, 0.3) is 0 Å². The van der Waals surface area contributed by atoms with Gasteiger partial charge < -0.3 is 4.74 Å². The maximum atomic E-state index is 10.8. The highest BCUT2D eigenvalue weighted by Gasteiger charge is 2.05. The van der Waals surface area contributed by atoms with E-state index in [-0.39, 0.29) is 11.9 Å². The zero-order valence-electron chi connectivity index (χ0n) is 7.93. The number of methoxy groups -OCH3 is 1. The average Bonchev–Trinajstić information content (AvgIpc) is 2.26. The van der Waals surface area contributed by atoms with E-state index in [1.165, 1.54) is 13.2 Å². The third kappa shape index (κ3) is 2.91. The number of rotatable bonds is 2. The first-order valence-electron chi connectivity index (χ1n) is 4.31. The average molecular weight is 189 g/mol. The van der Waals surface area contributed by atoms with E-state index in [4.69, 9.17) is 5.26 Å². The number of nitrogens with zero attached hydrogens (tertiary/aromatic N) is 1. The van der Waals surface area contributed by atoms with Crippen LogP contribution < -0.4 is 0 Å². The summed E-state index contributed by atoms with van der Waals surface area (Å²) < 4.78 is 4.47. The number of esters is 1. The smallest absolute Gasteiger partial charge is 0.330 e. The molecule has 1 aliphatic rings. The van der Waals surface area contributed by atoms with Crippen LogP contribution in [0.1, 0.15) is 6.42 Å². The van der Waals surface area contributed by atoms with Gasteiger partial charge in [-0.3, -0.25) is 0 Å². The van der Waals surface area contributed by atoms with Crippen LogP contribution in [0, 0.1) is 17.2 Å². The Bertz CT molecular complexity index is 345. The van der Waals surface area contributed by atoms with Crippen molar-refractivity contribution in [1.82, 2.24) is 0 Å². The van der Waals surface area contributed by atoms with Crippen LogP contribution >= 0.6 is 0 Å². The standard InChI is InChI=1S/C11H11NO2/c1-14-11(13)7-6-9-2-4-10(8-12)5-3-9/h2,4-7,9H,3H2,1H3. The zero-order valence-corrected chi connectivity index (χ0v) is 7.93. The van der Waals surface area contributed by atoms with E-state index in [0.29, 0.717) is 5.57 Å². The van der Waals surface area contributed by atoms with E-state index in [9.17, 15) is 4.79 Å². The number of hydrogen-bond acceptors (Lipinski definition) is 3. The molecule has 1 unspecified atom stereocenters. The Balaban J connectivity index is 2.50. The molecule has 3 nitrogen and oxygen atoms in total. The highest BCUT2D eigenvalue weighted by atomic mass is 16.5. The van der Waals surface area contributed by atoms with E-state index in [1.807, 2.05) is 12.2 Å². The van der Waals surface area contributed by atoms with E-state index in [1.54, 1.807) is 12.2 Å². The summed E-state index contributed by atoms with van der Waals surface area (Å²) in [5, 5.41) is 8.57. The summed E-state index contributed by atoms with van der Waals surface area (Å²) in [5.41, 5.74) is 0.674. The molecule has 0 aromatic rings. The molecule has 1 atom stereocenters. The molecule has 0 aromatic heterocycles.